The highest BCUT2D eigenvalue weighted by Gasteiger charge is 2.16. The molecule has 0 amide bonds. The second-order valence-corrected chi connectivity index (χ2v) is 9.23. The number of hydrogen-bond acceptors (Lipinski definition) is 3. The molecule has 0 bridgehead atoms. The number of nitrogens with zero attached hydrogens (tertiary/aromatic N) is 1. The summed E-state index contributed by atoms with van der Waals surface area (Å²) in [5.41, 5.74) is 2.82. The molecule has 0 atom stereocenters. The lowest BCUT2D eigenvalue weighted by Gasteiger charge is -2.15. The van der Waals surface area contributed by atoms with Gasteiger partial charge in [-0.05, 0) is 58.8 Å². The van der Waals surface area contributed by atoms with E-state index in [-0.39, 0.29) is 5.75 Å². The number of benzene rings is 4. The number of anilines is 1. The summed E-state index contributed by atoms with van der Waals surface area (Å²) in [5.74, 6) is 3.21. The van der Waals surface area contributed by atoms with E-state index in [0.717, 1.165) is 32.5 Å². The highest BCUT2D eigenvalue weighted by Crippen LogP contribution is 2.35. The predicted octanol–water partition coefficient (Wildman–Crippen LogP) is 5.64. The molecule has 4 nitrogen and oxygen atoms in total. The number of aromatic hydroxyl groups is 1. The van der Waals surface area contributed by atoms with Gasteiger partial charge in [-0.2, -0.15) is 4.31 Å². The summed E-state index contributed by atoms with van der Waals surface area (Å²) in [6.07, 6.45) is 1.11. The first-order valence-corrected chi connectivity index (χ1v) is 11.6. The first-order chi connectivity index (χ1) is 14.8. The Morgan fingerprint density at radius 2 is 1.45 bits per heavy atom. The third-order valence-corrected chi connectivity index (χ3v) is 6.02. The Morgan fingerprint density at radius 3 is 2.16 bits per heavy atom. The van der Waals surface area contributed by atoms with Crippen molar-refractivity contribution in [2.45, 2.75) is 0 Å². The summed E-state index contributed by atoms with van der Waals surface area (Å²) in [4.78, 5) is 0. The molecule has 0 aliphatic heterocycles. The summed E-state index contributed by atoms with van der Waals surface area (Å²) in [5, 5.41) is 12.3. The van der Waals surface area contributed by atoms with E-state index in [9.17, 15) is 13.5 Å². The van der Waals surface area contributed by atoms with Gasteiger partial charge in [0.2, 0.25) is 10.0 Å². The molecule has 4 aromatic carbocycles. The Bertz CT molecular complexity index is 1440. The largest absolute Gasteiger partial charge is 0.507 e. The molecule has 0 radical (unpaired) electrons. The number of rotatable bonds is 3. The van der Waals surface area contributed by atoms with Crippen LogP contribution in [0.3, 0.4) is 0 Å². The smallest absolute Gasteiger partial charge is 0.243 e. The number of phenolic OH excluding ortho intramolecular Hbond substituents is 1. The van der Waals surface area contributed by atoms with Gasteiger partial charge in [-0.15, -0.1) is 0 Å². The van der Waals surface area contributed by atoms with E-state index >= 15 is 0 Å². The van der Waals surface area contributed by atoms with Crippen molar-refractivity contribution in [3.05, 3.63) is 95.5 Å². The standard InChI is InChI=1S/C25H18ClNO3S/c1-31(29,30)27(20-12-10-19(26)11-13-20)17-16-18-6-2-3-7-21(18)23-14-15-25(28)24-9-5-4-8-22(23)24/h2-15,28H,1H3. The van der Waals surface area contributed by atoms with Crippen LogP contribution in [0.25, 0.3) is 21.9 Å². The van der Waals surface area contributed by atoms with Gasteiger partial charge in [-0.1, -0.05) is 60.1 Å². The second-order valence-electron chi connectivity index (χ2n) is 6.96. The number of phenols is 1. The third-order valence-electron chi connectivity index (χ3n) is 4.80. The Kier molecular flexibility index (Phi) is 5.60. The van der Waals surface area contributed by atoms with Gasteiger partial charge < -0.3 is 5.11 Å². The molecule has 0 aromatic heterocycles. The molecule has 6 heteroatoms. The van der Waals surface area contributed by atoms with Crippen LogP contribution in [-0.2, 0) is 10.0 Å². The molecule has 154 valence electrons. The molecule has 0 saturated carbocycles. The average molecular weight is 448 g/mol. The minimum absolute atomic E-state index is 0.203. The Hall–Kier alpha value is -3.46. The molecule has 4 rings (SSSR count). The van der Waals surface area contributed by atoms with E-state index < -0.39 is 10.0 Å². The zero-order chi connectivity index (χ0) is 22.0. The van der Waals surface area contributed by atoms with Crippen molar-refractivity contribution in [3.63, 3.8) is 0 Å². The maximum Gasteiger partial charge on any atom is 0.243 e. The fourth-order valence-electron chi connectivity index (χ4n) is 3.37. The summed E-state index contributed by atoms with van der Waals surface area (Å²) in [6.45, 7) is 0. The molecule has 0 unspecified atom stereocenters. The van der Waals surface area contributed by atoms with Crippen LogP contribution in [0.1, 0.15) is 5.56 Å². The van der Waals surface area contributed by atoms with Crippen molar-refractivity contribution in [2.24, 2.45) is 0 Å². The summed E-state index contributed by atoms with van der Waals surface area (Å²) >= 11 is 5.93. The molecular weight excluding hydrogens is 430 g/mol. The first-order valence-electron chi connectivity index (χ1n) is 9.42. The lowest BCUT2D eigenvalue weighted by molar-refractivity contribution is 0.481. The quantitative estimate of drug-likeness (QED) is 0.326. The topological polar surface area (TPSA) is 57.6 Å². The number of fused-ring (bicyclic) bond motifs is 1. The van der Waals surface area contributed by atoms with Crippen molar-refractivity contribution >= 4 is 38.1 Å². The van der Waals surface area contributed by atoms with E-state index in [1.807, 2.05) is 54.6 Å². The lowest BCUT2D eigenvalue weighted by atomic mass is 9.94. The van der Waals surface area contributed by atoms with E-state index in [1.54, 1.807) is 30.3 Å². The van der Waals surface area contributed by atoms with Crippen LogP contribution >= 0.6 is 11.6 Å². The van der Waals surface area contributed by atoms with Crippen molar-refractivity contribution in [2.75, 3.05) is 10.6 Å². The number of halogens is 1. The molecule has 0 aliphatic rings. The molecule has 0 saturated heterocycles. The SMILES string of the molecule is CS(=O)(=O)N(C#Cc1ccccc1-c1ccc(O)c2ccccc12)c1ccc(Cl)cc1. The molecule has 0 spiro atoms. The monoisotopic (exact) mass is 447 g/mol. The fourth-order valence-corrected chi connectivity index (χ4v) is 4.21. The van der Waals surface area contributed by atoms with Gasteiger partial charge in [-0.25, -0.2) is 8.42 Å². The predicted molar refractivity (Wildman–Crippen MR) is 127 cm³/mol. The first kappa shape index (κ1) is 20.8. The minimum Gasteiger partial charge on any atom is -0.507 e. The van der Waals surface area contributed by atoms with Gasteiger partial charge in [-0.3, -0.25) is 0 Å². The van der Waals surface area contributed by atoms with Gasteiger partial charge in [0.05, 0.1) is 11.9 Å². The number of hydrogen-bond donors (Lipinski definition) is 1. The van der Waals surface area contributed by atoms with E-state index in [0.29, 0.717) is 16.3 Å². The molecule has 4 aromatic rings. The van der Waals surface area contributed by atoms with Crippen LogP contribution in [0.4, 0.5) is 5.69 Å². The Labute approximate surface area is 186 Å². The highest BCUT2D eigenvalue weighted by atomic mass is 35.5. The van der Waals surface area contributed by atoms with Gasteiger partial charge in [0.15, 0.2) is 0 Å². The Morgan fingerprint density at radius 1 is 0.806 bits per heavy atom. The van der Waals surface area contributed by atoms with Gasteiger partial charge in [0.25, 0.3) is 0 Å². The zero-order valence-corrected chi connectivity index (χ0v) is 18.2. The molecule has 1 N–H and O–H groups in total. The van der Waals surface area contributed by atoms with Gasteiger partial charge in [0, 0.05) is 22.0 Å². The maximum absolute atomic E-state index is 12.4. The van der Waals surface area contributed by atoms with Crippen LogP contribution in [0, 0.1) is 12.0 Å². The third kappa shape index (κ3) is 4.36. The molecular formula is C25H18ClNO3S. The van der Waals surface area contributed by atoms with Crippen molar-refractivity contribution in [3.8, 4) is 28.8 Å². The van der Waals surface area contributed by atoms with Crippen LogP contribution in [0.5, 0.6) is 5.75 Å². The molecule has 0 aliphatic carbocycles. The van der Waals surface area contributed by atoms with Crippen molar-refractivity contribution in [1.29, 1.82) is 0 Å². The van der Waals surface area contributed by atoms with E-state index in [1.165, 1.54) is 0 Å². The van der Waals surface area contributed by atoms with E-state index in [2.05, 4.69) is 12.0 Å². The minimum atomic E-state index is -3.64. The molecule has 31 heavy (non-hydrogen) atoms. The van der Waals surface area contributed by atoms with Crippen LogP contribution in [0.15, 0.2) is 84.9 Å². The van der Waals surface area contributed by atoms with Crippen molar-refractivity contribution in [1.82, 2.24) is 0 Å². The summed E-state index contributed by atoms with van der Waals surface area (Å²) in [6, 6.07) is 27.8. The normalized spacial score (nSPS) is 11.0. The fraction of sp³-hybridized carbons (Fsp3) is 0.0400. The van der Waals surface area contributed by atoms with E-state index in [4.69, 9.17) is 11.6 Å². The summed E-state index contributed by atoms with van der Waals surface area (Å²) < 4.78 is 25.8. The van der Waals surface area contributed by atoms with Crippen molar-refractivity contribution < 1.29 is 13.5 Å². The molecule has 0 fully saturated rings. The van der Waals surface area contributed by atoms with Crippen LogP contribution in [0.2, 0.25) is 5.02 Å². The average Bonchev–Trinajstić information content (AvgIpc) is 2.75. The second kappa shape index (κ2) is 8.35. The Balaban J connectivity index is 1.85. The van der Waals surface area contributed by atoms with Crippen LogP contribution in [-0.4, -0.2) is 19.8 Å². The zero-order valence-electron chi connectivity index (χ0n) is 16.6. The summed E-state index contributed by atoms with van der Waals surface area (Å²) in [7, 11) is -3.64. The highest BCUT2D eigenvalue weighted by molar-refractivity contribution is 7.92. The lowest BCUT2D eigenvalue weighted by Crippen LogP contribution is -2.24. The van der Waals surface area contributed by atoms with Crippen LogP contribution < -0.4 is 4.31 Å². The maximum atomic E-state index is 12.4. The van der Waals surface area contributed by atoms with Gasteiger partial charge >= 0.3 is 0 Å². The number of sulfonamides is 1. The van der Waals surface area contributed by atoms with Gasteiger partial charge in [0.1, 0.15) is 5.75 Å². The molecule has 0 heterocycles.